The molecule has 1 aliphatic carbocycles. The minimum atomic E-state index is -0.0304. The first-order valence-electron chi connectivity index (χ1n) is 8.09. The van der Waals surface area contributed by atoms with Crippen LogP contribution in [0.3, 0.4) is 0 Å². The van der Waals surface area contributed by atoms with Crippen LogP contribution >= 0.6 is 11.3 Å². The summed E-state index contributed by atoms with van der Waals surface area (Å²) in [5, 5.41) is 3.47. The molecule has 0 radical (unpaired) electrons. The fourth-order valence-corrected chi connectivity index (χ4v) is 4.33. The van der Waals surface area contributed by atoms with Gasteiger partial charge in [0, 0.05) is 6.42 Å². The molecule has 0 bridgehead atoms. The van der Waals surface area contributed by atoms with E-state index in [0.29, 0.717) is 18.1 Å². The highest BCUT2D eigenvalue weighted by Crippen LogP contribution is 2.38. The number of piperidine rings is 1. The highest BCUT2D eigenvalue weighted by molar-refractivity contribution is 7.17. The number of hydrogen-bond donors (Lipinski definition) is 2. The molecular weight excluding hydrogens is 298 g/mol. The number of fused-ring (bicyclic) bond motifs is 1. The fourth-order valence-electron chi connectivity index (χ4n) is 3.39. The predicted octanol–water partition coefficient (Wildman–Crippen LogP) is 1.31. The van der Waals surface area contributed by atoms with Gasteiger partial charge in [-0.2, -0.15) is 0 Å². The summed E-state index contributed by atoms with van der Waals surface area (Å²) in [6.07, 6.45) is 5.06. The van der Waals surface area contributed by atoms with Crippen LogP contribution in [0.5, 0.6) is 0 Å². The molecule has 3 rings (SSSR count). The topological polar surface area (TPSA) is 63.5 Å². The molecule has 22 heavy (non-hydrogen) atoms. The Balaban J connectivity index is 1.64. The maximum Gasteiger partial charge on any atom is 0.281 e. The van der Waals surface area contributed by atoms with Crippen LogP contribution in [0.4, 0.5) is 5.13 Å². The van der Waals surface area contributed by atoms with E-state index < -0.39 is 0 Å². The van der Waals surface area contributed by atoms with Gasteiger partial charge in [-0.05, 0) is 31.1 Å². The Labute approximate surface area is 135 Å². The number of thiazole rings is 1. The van der Waals surface area contributed by atoms with Crippen molar-refractivity contribution in [3.63, 3.8) is 0 Å². The number of Topliss-reactive ketones (excluding diaryl/α,β-unsaturated/α-hetero) is 1. The zero-order valence-electron chi connectivity index (χ0n) is 13.3. The van der Waals surface area contributed by atoms with Crippen LogP contribution in [0.25, 0.3) is 0 Å². The Morgan fingerprint density at radius 1 is 1.27 bits per heavy atom. The first kappa shape index (κ1) is 15.6. The van der Waals surface area contributed by atoms with Crippen LogP contribution in [-0.2, 0) is 11.2 Å². The van der Waals surface area contributed by atoms with Gasteiger partial charge < -0.3 is 4.90 Å². The van der Waals surface area contributed by atoms with Gasteiger partial charge in [-0.1, -0.05) is 25.2 Å². The molecule has 1 aromatic rings. The molecule has 2 aliphatic rings. The number of anilines is 1. The lowest BCUT2D eigenvalue weighted by Gasteiger charge is -2.26. The molecule has 1 saturated heterocycles. The number of carbonyl (C=O) groups excluding carboxylic acids is 2. The van der Waals surface area contributed by atoms with Crippen LogP contribution in [0.2, 0.25) is 0 Å². The molecule has 2 heterocycles. The molecule has 1 fully saturated rings. The summed E-state index contributed by atoms with van der Waals surface area (Å²) in [7, 11) is 0. The molecule has 5 nitrogen and oxygen atoms in total. The minimum Gasteiger partial charge on any atom is -0.327 e. The van der Waals surface area contributed by atoms with E-state index in [2.05, 4.69) is 24.1 Å². The second kappa shape index (κ2) is 6.08. The van der Waals surface area contributed by atoms with Gasteiger partial charge in [0.1, 0.15) is 0 Å². The summed E-state index contributed by atoms with van der Waals surface area (Å²) in [6, 6.07) is 0. The van der Waals surface area contributed by atoms with Gasteiger partial charge in [0.25, 0.3) is 5.91 Å². The van der Waals surface area contributed by atoms with Crippen molar-refractivity contribution in [3.05, 3.63) is 10.6 Å². The van der Waals surface area contributed by atoms with Gasteiger partial charge >= 0.3 is 0 Å². The molecule has 6 heteroatoms. The highest BCUT2D eigenvalue weighted by Gasteiger charge is 2.34. The summed E-state index contributed by atoms with van der Waals surface area (Å²) in [5.41, 5.74) is 0.823. The van der Waals surface area contributed by atoms with Crippen molar-refractivity contribution in [1.82, 2.24) is 4.98 Å². The van der Waals surface area contributed by atoms with E-state index in [0.717, 1.165) is 30.1 Å². The van der Waals surface area contributed by atoms with E-state index in [9.17, 15) is 9.59 Å². The van der Waals surface area contributed by atoms with Crippen molar-refractivity contribution in [2.24, 2.45) is 5.41 Å². The highest BCUT2D eigenvalue weighted by atomic mass is 32.1. The van der Waals surface area contributed by atoms with E-state index >= 15 is 0 Å². The molecule has 1 amide bonds. The zero-order valence-corrected chi connectivity index (χ0v) is 14.1. The molecule has 1 aromatic heterocycles. The number of amides is 1. The van der Waals surface area contributed by atoms with Crippen molar-refractivity contribution >= 4 is 28.2 Å². The Kier molecular flexibility index (Phi) is 4.32. The second-order valence-electron chi connectivity index (χ2n) is 7.27. The number of rotatable bonds is 3. The summed E-state index contributed by atoms with van der Waals surface area (Å²) >= 11 is 1.33. The molecule has 0 unspecified atom stereocenters. The van der Waals surface area contributed by atoms with Crippen LogP contribution in [-0.4, -0.2) is 36.3 Å². The smallest absolute Gasteiger partial charge is 0.281 e. The SMILES string of the molecule is CC1(C)CC(=O)c2sc(NC(=O)C[NH+]3CCCCC3)nc2C1. The average Bonchev–Trinajstić information content (AvgIpc) is 2.80. The molecule has 0 spiro atoms. The van der Waals surface area contributed by atoms with E-state index in [1.165, 1.54) is 35.5 Å². The molecule has 1 aliphatic heterocycles. The number of carbonyl (C=O) groups is 2. The van der Waals surface area contributed by atoms with Crippen molar-refractivity contribution in [2.75, 3.05) is 25.0 Å². The van der Waals surface area contributed by atoms with Crippen LogP contribution in [0, 0.1) is 5.41 Å². The monoisotopic (exact) mass is 322 g/mol. The number of ketones is 1. The molecule has 0 atom stereocenters. The number of nitrogens with one attached hydrogen (secondary N) is 2. The fraction of sp³-hybridized carbons (Fsp3) is 0.688. The lowest BCUT2D eigenvalue weighted by atomic mass is 9.78. The second-order valence-corrected chi connectivity index (χ2v) is 8.27. The summed E-state index contributed by atoms with van der Waals surface area (Å²) in [5.74, 6) is 0.167. The summed E-state index contributed by atoms with van der Waals surface area (Å²) in [4.78, 5) is 30.9. The Morgan fingerprint density at radius 2 is 2.00 bits per heavy atom. The molecular formula is C16H24N3O2S+. The third-order valence-corrected chi connectivity index (χ3v) is 5.51. The Morgan fingerprint density at radius 3 is 2.73 bits per heavy atom. The Hall–Kier alpha value is -1.27. The molecule has 0 saturated carbocycles. The van der Waals surface area contributed by atoms with Crippen molar-refractivity contribution < 1.29 is 14.5 Å². The number of nitrogens with zero attached hydrogens (tertiary/aromatic N) is 1. The standard InChI is InChI=1S/C16H23N3O2S/c1-16(2)8-11-14(12(20)9-16)22-15(17-11)18-13(21)10-19-6-4-3-5-7-19/h3-10H2,1-2H3,(H,17,18,21)/p+1. The van der Waals surface area contributed by atoms with E-state index in [1.54, 1.807) is 0 Å². The number of likely N-dealkylation sites (tertiary alicyclic amines) is 1. The van der Waals surface area contributed by atoms with Crippen LogP contribution in [0.1, 0.15) is 54.9 Å². The van der Waals surface area contributed by atoms with Gasteiger partial charge in [-0.3, -0.25) is 14.9 Å². The zero-order chi connectivity index (χ0) is 15.7. The maximum absolute atomic E-state index is 12.2. The van der Waals surface area contributed by atoms with Gasteiger partial charge in [-0.15, -0.1) is 0 Å². The third-order valence-electron chi connectivity index (χ3n) is 4.45. The number of hydrogen-bond acceptors (Lipinski definition) is 4. The average molecular weight is 322 g/mol. The van der Waals surface area contributed by atoms with Crippen molar-refractivity contribution in [1.29, 1.82) is 0 Å². The first-order valence-corrected chi connectivity index (χ1v) is 8.91. The number of aromatic nitrogens is 1. The Bertz CT molecular complexity index is 588. The lowest BCUT2D eigenvalue weighted by molar-refractivity contribution is -0.896. The van der Waals surface area contributed by atoms with Crippen molar-refractivity contribution in [2.45, 2.75) is 46.0 Å². The largest absolute Gasteiger partial charge is 0.327 e. The third kappa shape index (κ3) is 3.55. The normalized spacial score (nSPS) is 21.5. The maximum atomic E-state index is 12.2. The first-order chi connectivity index (χ1) is 10.4. The quantitative estimate of drug-likeness (QED) is 0.882. The van der Waals surface area contributed by atoms with Gasteiger partial charge in [0.15, 0.2) is 17.5 Å². The number of quaternary nitrogens is 1. The predicted molar refractivity (Wildman–Crippen MR) is 86.6 cm³/mol. The van der Waals surface area contributed by atoms with E-state index in [-0.39, 0.29) is 17.1 Å². The van der Waals surface area contributed by atoms with Crippen molar-refractivity contribution in [3.8, 4) is 0 Å². The van der Waals surface area contributed by atoms with Gasteiger partial charge in [0.05, 0.1) is 23.7 Å². The summed E-state index contributed by atoms with van der Waals surface area (Å²) in [6.45, 7) is 6.84. The van der Waals surface area contributed by atoms with E-state index in [1.807, 2.05) is 0 Å². The minimum absolute atomic E-state index is 0.00899. The summed E-state index contributed by atoms with van der Waals surface area (Å²) < 4.78 is 0. The van der Waals surface area contributed by atoms with E-state index in [4.69, 9.17) is 0 Å². The van der Waals surface area contributed by atoms with Crippen LogP contribution < -0.4 is 10.2 Å². The molecule has 0 aromatic carbocycles. The van der Waals surface area contributed by atoms with Crippen LogP contribution in [0.15, 0.2) is 0 Å². The van der Waals surface area contributed by atoms with Gasteiger partial charge in [0.2, 0.25) is 0 Å². The molecule has 120 valence electrons. The van der Waals surface area contributed by atoms with Gasteiger partial charge in [-0.25, -0.2) is 4.98 Å². The lowest BCUT2D eigenvalue weighted by Crippen LogP contribution is -3.13. The molecule has 2 N–H and O–H groups in total.